The van der Waals surface area contributed by atoms with Crippen LogP contribution in [0.15, 0.2) is 60.7 Å². The van der Waals surface area contributed by atoms with Crippen molar-refractivity contribution >= 4 is 35.3 Å². The Kier molecular flexibility index (Phi) is 12.5. The van der Waals surface area contributed by atoms with Crippen LogP contribution in [0.3, 0.4) is 0 Å². The molecule has 0 spiro atoms. The first kappa shape index (κ1) is 35.2. The third-order valence-electron chi connectivity index (χ3n) is 8.90. The van der Waals surface area contributed by atoms with E-state index in [2.05, 4.69) is 57.6 Å². The zero-order valence-corrected chi connectivity index (χ0v) is 28.9. The highest BCUT2D eigenvalue weighted by atomic mass is 32.2. The molecule has 3 amide bonds. The summed E-state index contributed by atoms with van der Waals surface area (Å²) in [4.78, 5) is 41.5. The highest BCUT2D eigenvalue weighted by Gasteiger charge is 2.41. The number of amides is 3. The number of aryl methyl sites for hydroxylation is 2. The lowest BCUT2D eigenvalue weighted by molar-refractivity contribution is -0.133. The standard InChI is InChI=1S/C36H50N6O3S/c1-7-26-18-20-27(21-19-26)23-46-36(4,5)32(35(45)38-30-22-24(2)41-42(30)29-16-12-9-13-17-29)40-34(44)31(28-14-10-8-11-15-28)39-33(43)25(3)37-6/h9,12-13,16-22,25,28,31-32,37H,7-8,10-11,14-15,23H2,1-6H3,(H,38,45)(H,39,43)(H,40,44)/t25?,31-,32?/m0/s1. The Morgan fingerprint density at radius 3 is 2.22 bits per heavy atom. The van der Waals surface area contributed by atoms with Crippen molar-refractivity contribution in [2.45, 2.75) is 102 Å². The smallest absolute Gasteiger partial charge is 0.249 e. The van der Waals surface area contributed by atoms with E-state index in [9.17, 15) is 14.4 Å². The Bertz CT molecular complexity index is 1450. The summed E-state index contributed by atoms with van der Waals surface area (Å²) in [5.41, 5.74) is 3.98. The molecule has 10 heteroatoms. The molecule has 4 N–H and O–H groups in total. The summed E-state index contributed by atoms with van der Waals surface area (Å²) in [6.07, 6.45) is 5.81. The first-order valence-corrected chi connectivity index (χ1v) is 17.4. The number of carbonyl (C=O) groups is 3. The fourth-order valence-corrected chi connectivity index (χ4v) is 6.90. The van der Waals surface area contributed by atoms with Crippen molar-refractivity contribution in [1.82, 2.24) is 25.7 Å². The third-order valence-corrected chi connectivity index (χ3v) is 10.4. The number of anilines is 1. The van der Waals surface area contributed by atoms with Crippen molar-refractivity contribution in [3.05, 3.63) is 77.5 Å². The van der Waals surface area contributed by atoms with Gasteiger partial charge < -0.3 is 21.3 Å². The van der Waals surface area contributed by atoms with Gasteiger partial charge in [0, 0.05) is 16.6 Å². The van der Waals surface area contributed by atoms with Gasteiger partial charge in [-0.1, -0.05) is 68.7 Å². The Labute approximate surface area is 278 Å². The molecular weight excluding hydrogens is 597 g/mol. The van der Waals surface area contributed by atoms with E-state index < -0.39 is 22.9 Å². The second-order valence-electron chi connectivity index (χ2n) is 12.8. The molecule has 0 saturated heterocycles. The molecular formula is C36H50N6O3S. The molecule has 248 valence electrons. The van der Waals surface area contributed by atoms with Gasteiger partial charge in [-0.15, -0.1) is 11.8 Å². The molecule has 1 saturated carbocycles. The minimum Gasteiger partial charge on any atom is -0.343 e. The van der Waals surface area contributed by atoms with Gasteiger partial charge in [0.05, 0.1) is 17.4 Å². The highest BCUT2D eigenvalue weighted by Crippen LogP contribution is 2.33. The topological polar surface area (TPSA) is 117 Å². The molecule has 9 nitrogen and oxygen atoms in total. The first-order valence-electron chi connectivity index (χ1n) is 16.4. The number of likely N-dealkylation sites (N-methyl/N-ethyl adjacent to an activating group) is 1. The minimum atomic E-state index is -0.913. The number of carbonyl (C=O) groups excluding carboxylic acids is 3. The molecule has 0 radical (unpaired) electrons. The van der Waals surface area contributed by atoms with E-state index >= 15 is 0 Å². The van der Waals surface area contributed by atoms with E-state index in [0.29, 0.717) is 11.6 Å². The summed E-state index contributed by atoms with van der Waals surface area (Å²) >= 11 is 1.61. The summed E-state index contributed by atoms with van der Waals surface area (Å²) in [5, 5.41) is 16.8. The van der Waals surface area contributed by atoms with Crippen LogP contribution in [0.1, 0.15) is 76.6 Å². The van der Waals surface area contributed by atoms with Crippen molar-refractivity contribution in [3.8, 4) is 5.69 Å². The maximum absolute atomic E-state index is 14.3. The number of aromatic nitrogens is 2. The van der Waals surface area contributed by atoms with Crippen molar-refractivity contribution in [2.24, 2.45) is 5.92 Å². The van der Waals surface area contributed by atoms with E-state index in [1.165, 1.54) is 5.56 Å². The molecule has 0 bridgehead atoms. The maximum atomic E-state index is 14.3. The van der Waals surface area contributed by atoms with Gasteiger partial charge in [0.15, 0.2) is 0 Å². The van der Waals surface area contributed by atoms with E-state index in [1.807, 2.05) is 57.2 Å². The molecule has 2 unspecified atom stereocenters. The molecule has 3 atom stereocenters. The fourth-order valence-electron chi connectivity index (χ4n) is 5.84. The van der Waals surface area contributed by atoms with Gasteiger partial charge in [-0.2, -0.15) is 5.10 Å². The predicted octanol–water partition coefficient (Wildman–Crippen LogP) is 5.55. The van der Waals surface area contributed by atoms with Crippen LogP contribution in [-0.2, 0) is 26.6 Å². The second-order valence-corrected chi connectivity index (χ2v) is 14.4. The maximum Gasteiger partial charge on any atom is 0.249 e. The van der Waals surface area contributed by atoms with Gasteiger partial charge in [0.1, 0.15) is 17.9 Å². The number of rotatable bonds is 14. The molecule has 3 aromatic rings. The van der Waals surface area contributed by atoms with Crippen molar-refractivity contribution < 1.29 is 14.4 Å². The predicted molar refractivity (Wildman–Crippen MR) is 187 cm³/mol. The van der Waals surface area contributed by atoms with Gasteiger partial charge in [-0.05, 0) is 83.2 Å². The zero-order valence-electron chi connectivity index (χ0n) is 28.1. The monoisotopic (exact) mass is 646 g/mol. The van der Waals surface area contributed by atoms with Gasteiger partial charge in [0.25, 0.3) is 0 Å². The molecule has 46 heavy (non-hydrogen) atoms. The first-order chi connectivity index (χ1) is 22.0. The lowest BCUT2D eigenvalue weighted by Crippen LogP contribution is -2.61. The number of nitrogens with one attached hydrogen (secondary N) is 4. The molecule has 1 aromatic heterocycles. The van der Waals surface area contributed by atoms with Gasteiger partial charge in [0.2, 0.25) is 17.7 Å². The molecule has 1 heterocycles. The van der Waals surface area contributed by atoms with Gasteiger partial charge in [-0.25, -0.2) is 4.68 Å². The fraction of sp³-hybridized carbons (Fsp3) is 0.500. The third kappa shape index (κ3) is 9.22. The summed E-state index contributed by atoms with van der Waals surface area (Å²) in [7, 11) is 1.72. The van der Waals surface area contributed by atoms with Crippen molar-refractivity contribution in [2.75, 3.05) is 12.4 Å². The lowest BCUT2D eigenvalue weighted by atomic mass is 9.83. The normalized spacial score (nSPS) is 15.9. The van der Waals surface area contributed by atoms with E-state index in [-0.39, 0.29) is 23.6 Å². The number of hydrogen-bond donors (Lipinski definition) is 4. The molecule has 2 aromatic carbocycles. The van der Waals surface area contributed by atoms with Crippen LogP contribution in [0.25, 0.3) is 5.69 Å². The highest BCUT2D eigenvalue weighted by molar-refractivity contribution is 7.99. The number of nitrogens with zero attached hydrogens (tertiary/aromatic N) is 2. The number of benzene rings is 2. The second kappa shape index (κ2) is 16.3. The van der Waals surface area contributed by atoms with Crippen LogP contribution in [0.5, 0.6) is 0 Å². The summed E-state index contributed by atoms with van der Waals surface area (Å²) < 4.78 is 0.987. The minimum absolute atomic E-state index is 0.000440. The molecule has 1 fully saturated rings. The molecule has 1 aliphatic rings. The summed E-state index contributed by atoms with van der Waals surface area (Å²) in [6.45, 7) is 9.75. The Balaban J connectivity index is 1.63. The van der Waals surface area contributed by atoms with Crippen LogP contribution in [0.2, 0.25) is 0 Å². The van der Waals surface area contributed by atoms with Crippen LogP contribution < -0.4 is 21.3 Å². The quantitative estimate of drug-likeness (QED) is 0.183. The number of thioether (sulfide) groups is 1. The zero-order chi connectivity index (χ0) is 33.3. The van der Waals surface area contributed by atoms with Crippen LogP contribution >= 0.6 is 11.8 Å². The Morgan fingerprint density at radius 2 is 1.59 bits per heavy atom. The number of hydrogen-bond acceptors (Lipinski definition) is 6. The molecule has 0 aliphatic heterocycles. The van der Waals surface area contributed by atoms with E-state index in [0.717, 1.165) is 55.5 Å². The van der Waals surface area contributed by atoms with Gasteiger partial charge >= 0.3 is 0 Å². The van der Waals surface area contributed by atoms with Crippen LogP contribution in [0, 0.1) is 12.8 Å². The Morgan fingerprint density at radius 1 is 0.935 bits per heavy atom. The molecule has 1 aliphatic carbocycles. The average molecular weight is 647 g/mol. The summed E-state index contributed by atoms with van der Waals surface area (Å²) in [5.74, 6) is 0.268. The van der Waals surface area contributed by atoms with E-state index in [1.54, 1.807) is 30.4 Å². The summed E-state index contributed by atoms with van der Waals surface area (Å²) in [6, 6.07) is 17.8. The molecule has 4 rings (SSSR count). The Hall–Kier alpha value is -3.63. The van der Waals surface area contributed by atoms with E-state index in [4.69, 9.17) is 0 Å². The van der Waals surface area contributed by atoms with Gasteiger partial charge in [-0.3, -0.25) is 14.4 Å². The van der Waals surface area contributed by atoms with Crippen LogP contribution in [0.4, 0.5) is 5.82 Å². The SMILES string of the molecule is CCc1ccc(CSC(C)(C)C(NC(=O)[C@@H](NC(=O)C(C)NC)C2CCCCC2)C(=O)Nc2cc(C)nn2-c2ccccc2)cc1. The van der Waals surface area contributed by atoms with Crippen LogP contribution in [-0.4, -0.2) is 57.4 Å². The largest absolute Gasteiger partial charge is 0.343 e. The van der Waals surface area contributed by atoms with Crippen molar-refractivity contribution in [3.63, 3.8) is 0 Å². The lowest BCUT2D eigenvalue weighted by Gasteiger charge is -2.36. The van der Waals surface area contributed by atoms with Crippen molar-refractivity contribution in [1.29, 1.82) is 0 Å². The number of para-hydroxylation sites is 1. The average Bonchev–Trinajstić information content (AvgIpc) is 3.44.